The van der Waals surface area contributed by atoms with E-state index >= 15 is 0 Å². The van der Waals surface area contributed by atoms with E-state index in [0.29, 0.717) is 22.5 Å². The molecule has 0 bridgehead atoms. The van der Waals surface area contributed by atoms with E-state index in [0.717, 1.165) is 12.0 Å². The van der Waals surface area contributed by atoms with Crippen LogP contribution in [0, 0.1) is 0 Å². The lowest BCUT2D eigenvalue weighted by Gasteiger charge is -2.06. The Kier molecular flexibility index (Phi) is 6.60. The summed E-state index contributed by atoms with van der Waals surface area (Å²) >= 11 is 7.43. The van der Waals surface area contributed by atoms with Crippen molar-refractivity contribution >= 4 is 34.7 Å². The van der Waals surface area contributed by atoms with Gasteiger partial charge in [-0.05, 0) is 36.4 Å². The second kappa shape index (κ2) is 8.00. The zero-order valence-corrected chi connectivity index (χ0v) is 12.0. The van der Waals surface area contributed by atoms with Crippen LogP contribution in [0.4, 0.5) is 0 Å². The maximum Gasteiger partial charge on any atom is 0.180 e. The number of thioether (sulfide) groups is 1. The second-order valence-corrected chi connectivity index (χ2v) is 4.66. The van der Waals surface area contributed by atoms with E-state index in [4.69, 9.17) is 22.1 Å². The number of ether oxygens (including phenoxy) is 1. The molecule has 98 valence electrons. The van der Waals surface area contributed by atoms with Gasteiger partial charge in [0.1, 0.15) is 5.75 Å². The molecule has 1 aromatic carbocycles. The molecule has 6 heteroatoms. The monoisotopic (exact) mass is 285 g/mol. The third kappa shape index (κ3) is 4.98. The van der Waals surface area contributed by atoms with Gasteiger partial charge < -0.3 is 10.5 Å². The first kappa shape index (κ1) is 14.9. The van der Waals surface area contributed by atoms with Crippen LogP contribution < -0.4 is 10.5 Å². The molecule has 1 aromatic rings. The van der Waals surface area contributed by atoms with Crippen LogP contribution >= 0.6 is 23.4 Å². The van der Waals surface area contributed by atoms with Crippen LogP contribution in [-0.2, 0) is 0 Å². The number of halogens is 1. The average Bonchev–Trinajstić information content (AvgIpc) is 2.37. The van der Waals surface area contributed by atoms with E-state index < -0.39 is 0 Å². The molecule has 0 aliphatic carbocycles. The summed E-state index contributed by atoms with van der Waals surface area (Å²) in [5.41, 5.74) is 6.35. The molecule has 4 nitrogen and oxygen atoms in total. The van der Waals surface area contributed by atoms with Crippen LogP contribution in [0.2, 0.25) is 5.02 Å². The number of nitrogens with two attached hydrogens (primary N) is 1. The highest BCUT2D eigenvalue weighted by Crippen LogP contribution is 2.25. The van der Waals surface area contributed by atoms with Crippen molar-refractivity contribution in [1.29, 1.82) is 0 Å². The van der Waals surface area contributed by atoms with Crippen molar-refractivity contribution in [3.63, 3.8) is 0 Å². The average molecular weight is 286 g/mol. The van der Waals surface area contributed by atoms with E-state index in [1.54, 1.807) is 12.3 Å². The van der Waals surface area contributed by atoms with E-state index in [9.17, 15) is 0 Å². The Morgan fingerprint density at radius 3 is 2.94 bits per heavy atom. The van der Waals surface area contributed by atoms with Crippen molar-refractivity contribution in [3.05, 3.63) is 28.8 Å². The molecule has 18 heavy (non-hydrogen) atoms. The molecule has 0 atom stereocenters. The minimum atomic E-state index is 0.417. The van der Waals surface area contributed by atoms with Crippen LogP contribution in [0.25, 0.3) is 0 Å². The quantitative estimate of drug-likeness (QED) is 0.514. The minimum absolute atomic E-state index is 0.417. The van der Waals surface area contributed by atoms with E-state index in [1.165, 1.54) is 11.8 Å². The maximum absolute atomic E-state index is 6.08. The van der Waals surface area contributed by atoms with Crippen LogP contribution in [0.15, 0.2) is 28.4 Å². The molecule has 0 aliphatic rings. The predicted octanol–water partition coefficient (Wildman–Crippen LogP) is 3.14. The number of amidine groups is 1. The van der Waals surface area contributed by atoms with Gasteiger partial charge in [-0.2, -0.15) is 5.10 Å². The number of rotatable bonds is 5. The molecule has 0 amide bonds. The summed E-state index contributed by atoms with van der Waals surface area (Å²) in [5, 5.41) is 8.64. The summed E-state index contributed by atoms with van der Waals surface area (Å²) < 4.78 is 5.47. The van der Waals surface area contributed by atoms with Gasteiger partial charge in [-0.1, -0.05) is 30.3 Å². The number of nitrogens with zero attached hydrogens (tertiary/aromatic N) is 2. The molecule has 0 saturated heterocycles. The Hall–Kier alpha value is -1.20. The molecule has 0 aliphatic heterocycles. The summed E-state index contributed by atoms with van der Waals surface area (Å²) in [6, 6.07) is 5.47. The molecule has 0 unspecified atom stereocenters. The topological polar surface area (TPSA) is 60.0 Å². The Balaban J connectivity index is 2.72. The lowest BCUT2D eigenvalue weighted by Crippen LogP contribution is -2.03. The maximum atomic E-state index is 6.08. The fourth-order valence-electron chi connectivity index (χ4n) is 1.12. The highest BCUT2D eigenvalue weighted by atomic mass is 35.5. The van der Waals surface area contributed by atoms with Crippen LogP contribution in [0.5, 0.6) is 5.75 Å². The van der Waals surface area contributed by atoms with Crippen molar-refractivity contribution in [2.24, 2.45) is 15.9 Å². The normalized spacial score (nSPS) is 12.1. The van der Waals surface area contributed by atoms with Gasteiger partial charge in [-0.25, -0.2) is 0 Å². The fraction of sp³-hybridized carbons (Fsp3) is 0.333. The second-order valence-electron chi connectivity index (χ2n) is 3.43. The first-order valence-electron chi connectivity index (χ1n) is 5.50. The van der Waals surface area contributed by atoms with E-state index in [2.05, 4.69) is 10.2 Å². The Labute approximate surface area is 116 Å². The van der Waals surface area contributed by atoms with Crippen molar-refractivity contribution in [2.75, 3.05) is 12.9 Å². The van der Waals surface area contributed by atoms with Crippen molar-refractivity contribution < 1.29 is 4.74 Å². The largest absolute Gasteiger partial charge is 0.492 e. The molecule has 2 N–H and O–H groups in total. The van der Waals surface area contributed by atoms with Gasteiger partial charge in [-0.3, -0.25) is 0 Å². The number of hydrogen-bond acceptors (Lipinski definition) is 4. The van der Waals surface area contributed by atoms with E-state index in [-0.39, 0.29) is 0 Å². The summed E-state index contributed by atoms with van der Waals surface area (Å²) in [4.78, 5) is 0. The zero-order chi connectivity index (χ0) is 13.4. The molecule has 0 fully saturated rings. The molecular weight excluding hydrogens is 270 g/mol. The lowest BCUT2D eigenvalue weighted by atomic mass is 10.2. The Bertz CT molecular complexity index is 449. The Morgan fingerprint density at radius 1 is 1.56 bits per heavy atom. The van der Waals surface area contributed by atoms with Crippen LogP contribution in [0.1, 0.15) is 18.9 Å². The van der Waals surface area contributed by atoms with Crippen molar-refractivity contribution in [2.45, 2.75) is 13.3 Å². The van der Waals surface area contributed by atoms with Gasteiger partial charge in [0.2, 0.25) is 0 Å². The highest BCUT2D eigenvalue weighted by molar-refractivity contribution is 8.13. The SMILES string of the molecule is CCCOc1ccc(/C=N\N=C(/N)SC)cc1Cl. The highest BCUT2D eigenvalue weighted by Gasteiger charge is 2.01. The summed E-state index contributed by atoms with van der Waals surface area (Å²) in [7, 11) is 0. The number of benzene rings is 1. The third-order valence-corrected chi connectivity index (χ3v) is 2.79. The standard InChI is InChI=1S/C12H16ClN3OS/c1-3-6-17-11-5-4-9(7-10(11)13)8-15-16-12(14)18-2/h4-5,7-8H,3,6H2,1-2H3,(H2,14,16)/b15-8-. The molecule has 0 radical (unpaired) electrons. The molecule has 1 rings (SSSR count). The van der Waals surface area contributed by atoms with Crippen LogP contribution in [0.3, 0.4) is 0 Å². The third-order valence-electron chi connectivity index (χ3n) is 1.99. The van der Waals surface area contributed by atoms with Gasteiger partial charge in [-0.15, -0.1) is 5.10 Å². The van der Waals surface area contributed by atoms with Gasteiger partial charge in [0, 0.05) is 0 Å². The zero-order valence-electron chi connectivity index (χ0n) is 10.4. The van der Waals surface area contributed by atoms with Crippen molar-refractivity contribution in [3.8, 4) is 5.75 Å². The fourth-order valence-corrected chi connectivity index (χ4v) is 1.49. The summed E-state index contributed by atoms with van der Waals surface area (Å²) in [6.07, 6.45) is 4.38. The predicted molar refractivity (Wildman–Crippen MR) is 80.0 cm³/mol. The first-order chi connectivity index (χ1) is 8.67. The molecule has 0 heterocycles. The van der Waals surface area contributed by atoms with Gasteiger partial charge in [0.05, 0.1) is 17.8 Å². The minimum Gasteiger partial charge on any atom is -0.492 e. The molecule has 0 saturated carbocycles. The van der Waals surface area contributed by atoms with Crippen molar-refractivity contribution in [1.82, 2.24) is 0 Å². The van der Waals surface area contributed by atoms with E-state index in [1.807, 2.05) is 25.3 Å². The van der Waals surface area contributed by atoms with Gasteiger partial charge in [0.15, 0.2) is 5.17 Å². The number of hydrogen-bond donors (Lipinski definition) is 1. The molecule has 0 spiro atoms. The summed E-state index contributed by atoms with van der Waals surface area (Å²) in [5.74, 6) is 0.683. The molecule has 0 aromatic heterocycles. The summed E-state index contributed by atoms with van der Waals surface area (Å²) in [6.45, 7) is 2.70. The first-order valence-corrected chi connectivity index (χ1v) is 7.10. The Morgan fingerprint density at radius 2 is 2.33 bits per heavy atom. The lowest BCUT2D eigenvalue weighted by molar-refractivity contribution is 0.317. The van der Waals surface area contributed by atoms with Gasteiger partial charge in [0.25, 0.3) is 0 Å². The smallest absolute Gasteiger partial charge is 0.180 e. The molecular formula is C12H16ClN3OS. The van der Waals surface area contributed by atoms with Gasteiger partial charge >= 0.3 is 0 Å². The van der Waals surface area contributed by atoms with Crippen LogP contribution in [-0.4, -0.2) is 24.2 Å².